The van der Waals surface area contributed by atoms with Crippen LogP contribution in [0.1, 0.15) is 58.2 Å². The summed E-state index contributed by atoms with van der Waals surface area (Å²) in [6.07, 6.45) is 4.05. The molecule has 0 bridgehead atoms. The topological polar surface area (TPSA) is 93.4 Å². The Hall–Kier alpha value is -1.44. The second-order valence-corrected chi connectivity index (χ2v) is 9.15. The van der Waals surface area contributed by atoms with Gasteiger partial charge in [-0.3, -0.25) is 4.79 Å². The van der Waals surface area contributed by atoms with Gasteiger partial charge in [0.2, 0.25) is 11.8 Å². The lowest BCUT2D eigenvalue weighted by atomic mass is 9.96. The maximum absolute atomic E-state index is 12.2. The van der Waals surface area contributed by atoms with Crippen molar-refractivity contribution < 1.29 is 17.7 Å². The standard InChI is InChI=1S/C15H25N3O4S/c1-15(2,3)14-16-12(22-17-14)10-23(20,21)11-13(19)18-8-6-4-5-7-9-18/h4-11H2,1-3H3. The van der Waals surface area contributed by atoms with Gasteiger partial charge in [0.05, 0.1) is 0 Å². The molecule has 0 spiro atoms. The van der Waals surface area contributed by atoms with Gasteiger partial charge in [0.25, 0.3) is 0 Å². The van der Waals surface area contributed by atoms with Gasteiger partial charge in [-0.2, -0.15) is 4.98 Å². The predicted octanol–water partition coefficient (Wildman–Crippen LogP) is 1.68. The van der Waals surface area contributed by atoms with Gasteiger partial charge in [0, 0.05) is 18.5 Å². The normalized spacial score (nSPS) is 17.1. The highest BCUT2D eigenvalue weighted by molar-refractivity contribution is 7.91. The van der Waals surface area contributed by atoms with Crippen LogP contribution in [-0.2, 0) is 25.8 Å². The van der Waals surface area contributed by atoms with Gasteiger partial charge in [-0.25, -0.2) is 8.42 Å². The van der Waals surface area contributed by atoms with Crippen LogP contribution in [-0.4, -0.2) is 48.2 Å². The smallest absolute Gasteiger partial charge is 0.241 e. The molecule has 1 amide bonds. The Balaban J connectivity index is 1.98. The molecule has 1 aromatic heterocycles. The lowest BCUT2D eigenvalue weighted by molar-refractivity contribution is -0.128. The van der Waals surface area contributed by atoms with Crippen molar-refractivity contribution in [1.29, 1.82) is 0 Å². The Labute approximate surface area is 137 Å². The minimum Gasteiger partial charge on any atom is -0.342 e. The third-order valence-electron chi connectivity index (χ3n) is 3.78. The van der Waals surface area contributed by atoms with E-state index in [1.54, 1.807) is 4.90 Å². The second-order valence-electron chi connectivity index (χ2n) is 7.09. The molecule has 1 aromatic rings. The number of amides is 1. The van der Waals surface area contributed by atoms with E-state index in [2.05, 4.69) is 10.1 Å². The van der Waals surface area contributed by atoms with Gasteiger partial charge in [-0.1, -0.05) is 38.8 Å². The molecule has 0 radical (unpaired) electrons. The van der Waals surface area contributed by atoms with Gasteiger partial charge in [0.15, 0.2) is 15.7 Å². The van der Waals surface area contributed by atoms with Gasteiger partial charge in [-0.05, 0) is 12.8 Å². The van der Waals surface area contributed by atoms with Gasteiger partial charge in [0.1, 0.15) is 11.5 Å². The zero-order chi connectivity index (χ0) is 17.1. The summed E-state index contributed by atoms with van der Waals surface area (Å²) in [5, 5.41) is 3.81. The third-order valence-corrected chi connectivity index (χ3v) is 5.16. The van der Waals surface area contributed by atoms with Gasteiger partial charge in [-0.15, -0.1) is 0 Å². The summed E-state index contributed by atoms with van der Waals surface area (Å²) in [5.74, 6) is -0.724. The summed E-state index contributed by atoms with van der Waals surface area (Å²) >= 11 is 0. The molecule has 7 nitrogen and oxygen atoms in total. The summed E-state index contributed by atoms with van der Waals surface area (Å²) in [6, 6.07) is 0. The third kappa shape index (κ3) is 5.30. The first kappa shape index (κ1) is 17.9. The maximum atomic E-state index is 12.2. The van der Waals surface area contributed by atoms with Crippen LogP contribution in [0.3, 0.4) is 0 Å². The Bertz CT molecular complexity index is 638. The summed E-state index contributed by atoms with van der Waals surface area (Å²) in [4.78, 5) is 18.0. The molecule has 8 heteroatoms. The summed E-state index contributed by atoms with van der Waals surface area (Å²) in [5.41, 5.74) is -0.312. The van der Waals surface area contributed by atoms with Crippen LogP contribution in [0.4, 0.5) is 0 Å². The molecule has 1 saturated heterocycles. The molecule has 23 heavy (non-hydrogen) atoms. The van der Waals surface area contributed by atoms with E-state index < -0.39 is 21.3 Å². The molecule has 1 aliphatic rings. The van der Waals surface area contributed by atoms with E-state index >= 15 is 0 Å². The fourth-order valence-corrected chi connectivity index (χ4v) is 3.61. The monoisotopic (exact) mass is 343 g/mol. The first-order chi connectivity index (χ1) is 10.7. The Morgan fingerprint density at radius 1 is 1.17 bits per heavy atom. The van der Waals surface area contributed by atoms with Crippen LogP contribution >= 0.6 is 0 Å². The van der Waals surface area contributed by atoms with Crippen LogP contribution < -0.4 is 0 Å². The molecule has 0 unspecified atom stereocenters. The van der Waals surface area contributed by atoms with Crippen molar-refractivity contribution in [3.63, 3.8) is 0 Å². The molecule has 1 fully saturated rings. The zero-order valence-corrected chi connectivity index (χ0v) is 14.9. The van der Waals surface area contributed by atoms with E-state index in [1.807, 2.05) is 20.8 Å². The first-order valence-corrected chi connectivity index (χ1v) is 9.81. The summed E-state index contributed by atoms with van der Waals surface area (Å²) in [6.45, 7) is 7.03. The average molecular weight is 343 g/mol. The van der Waals surface area contributed by atoms with E-state index in [9.17, 15) is 13.2 Å². The van der Waals surface area contributed by atoms with E-state index in [4.69, 9.17) is 4.52 Å². The van der Waals surface area contributed by atoms with Crippen molar-refractivity contribution in [3.8, 4) is 0 Å². The summed E-state index contributed by atoms with van der Waals surface area (Å²) in [7, 11) is -3.61. The van der Waals surface area contributed by atoms with Crippen LogP contribution in [0.2, 0.25) is 0 Å². The Kier molecular flexibility index (Phi) is 5.44. The fraction of sp³-hybridized carbons (Fsp3) is 0.800. The Morgan fingerprint density at radius 2 is 1.78 bits per heavy atom. The minimum absolute atomic E-state index is 0.0404. The minimum atomic E-state index is -3.61. The number of aromatic nitrogens is 2. The molecule has 0 N–H and O–H groups in total. The van der Waals surface area contributed by atoms with Crippen molar-refractivity contribution in [3.05, 3.63) is 11.7 Å². The van der Waals surface area contributed by atoms with Crippen LogP contribution in [0, 0.1) is 0 Å². The zero-order valence-electron chi connectivity index (χ0n) is 14.0. The number of carbonyl (C=O) groups excluding carboxylic acids is 1. The molecule has 0 saturated carbocycles. The van der Waals surface area contributed by atoms with E-state index in [1.165, 1.54) is 0 Å². The first-order valence-electron chi connectivity index (χ1n) is 7.99. The quantitative estimate of drug-likeness (QED) is 0.826. The molecule has 130 valence electrons. The molecule has 1 aliphatic heterocycles. The lowest BCUT2D eigenvalue weighted by Gasteiger charge is -2.19. The average Bonchev–Trinajstić information content (AvgIpc) is 2.72. The second kappa shape index (κ2) is 6.98. The molecular weight excluding hydrogens is 318 g/mol. The molecule has 0 aliphatic carbocycles. The van der Waals surface area contributed by atoms with Gasteiger partial charge >= 0.3 is 0 Å². The van der Waals surface area contributed by atoms with Crippen molar-refractivity contribution >= 4 is 15.7 Å². The number of nitrogens with zero attached hydrogens (tertiary/aromatic N) is 3. The van der Waals surface area contributed by atoms with Crippen LogP contribution in [0.15, 0.2) is 4.52 Å². The number of rotatable bonds is 4. The van der Waals surface area contributed by atoms with E-state index in [0.717, 1.165) is 25.7 Å². The van der Waals surface area contributed by atoms with Crippen molar-refractivity contribution in [2.75, 3.05) is 18.8 Å². The molecule has 0 aromatic carbocycles. The highest BCUT2D eigenvalue weighted by atomic mass is 32.2. The van der Waals surface area contributed by atoms with E-state index in [-0.39, 0.29) is 17.2 Å². The highest BCUT2D eigenvalue weighted by Gasteiger charge is 2.27. The Morgan fingerprint density at radius 3 is 2.30 bits per heavy atom. The molecule has 2 heterocycles. The summed E-state index contributed by atoms with van der Waals surface area (Å²) < 4.78 is 29.5. The number of sulfone groups is 1. The largest absolute Gasteiger partial charge is 0.342 e. The molecule has 0 atom stereocenters. The highest BCUT2D eigenvalue weighted by Crippen LogP contribution is 2.19. The maximum Gasteiger partial charge on any atom is 0.241 e. The van der Waals surface area contributed by atoms with E-state index in [0.29, 0.717) is 18.9 Å². The van der Waals surface area contributed by atoms with Crippen LogP contribution in [0.5, 0.6) is 0 Å². The number of hydrogen-bond donors (Lipinski definition) is 0. The molecular formula is C15H25N3O4S. The predicted molar refractivity (Wildman–Crippen MR) is 85.5 cm³/mol. The number of carbonyl (C=O) groups is 1. The lowest BCUT2D eigenvalue weighted by Crippen LogP contribution is -2.36. The van der Waals surface area contributed by atoms with Crippen LogP contribution in [0.25, 0.3) is 0 Å². The molecule has 2 rings (SSSR count). The SMILES string of the molecule is CC(C)(C)c1noc(CS(=O)(=O)CC(=O)N2CCCCCC2)n1. The van der Waals surface area contributed by atoms with Gasteiger partial charge < -0.3 is 9.42 Å². The fourth-order valence-electron chi connectivity index (χ4n) is 2.46. The number of likely N-dealkylation sites (tertiary alicyclic amines) is 1. The van der Waals surface area contributed by atoms with Crippen molar-refractivity contribution in [2.24, 2.45) is 0 Å². The number of hydrogen-bond acceptors (Lipinski definition) is 6. The van der Waals surface area contributed by atoms with Crippen molar-refractivity contribution in [1.82, 2.24) is 15.0 Å². The van der Waals surface area contributed by atoms with Crippen molar-refractivity contribution in [2.45, 2.75) is 57.6 Å².